The number of nitrogens with zero attached hydrogens (tertiary/aromatic N) is 3. The Morgan fingerprint density at radius 2 is 2.00 bits per heavy atom. The lowest BCUT2D eigenvalue weighted by Gasteiger charge is -2.37. The summed E-state index contributed by atoms with van der Waals surface area (Å²) < 4.78 is 1.74. The van der Waals surface area contributed by atoms with Gasteiger partial charge >= 0.3 is 0 Å². The van der Waals surface area contributed by atoms with E-state index in [1.165, 1.54) is 0 Å². The van der Waals surface area contributed by atoms with Crippen LogP contribution in [0.2, 0.25) is 0 Å². The van der Waals surface area contributed by atoms with E-state index in [9.17, 15) is 14.7 Å². The van der Waals surface area contributed by atoms with Crippen molar-refractivity contribution in [2.45, 2.75) is 38.7 Å². The van der Waals surface area contributed by atoms with E-state index < -0.39 is 11.5 Å². The molecule has 0 spiro atoms. The molecular weight excluding hydrogens is 320 g/mol. The standard InChI is InChI=1S/C18H24N4O3/c1-18(2,25)12-6-8-21(9-7-12)17(24)14-11-22-13(10-15(19)23)4-3-5-16(22)20-14/h3-5,11-12,25H,6-10H2,1-2H3,(H2,19,23). The van der Waals surface area contributed by atoms with Gasteiger partial charge in [0.05, 0.1) is 12.0 Å². The molecule has 3 N–H and O–H groups in total. The molecule has 0 radical (unpaired) electrons. The number of imidazole rings is 1. The summed E-state index contributed by atoms with van der Waals surface area (Å²) in [7, 11) is 0. The molecule has 7 nitrogen and oxygen atoms in total. The molecule has 1 fully saturated rings. The van der Waals surface area contributed by atoms with Gasteiger partial charge in [-0.05, 0) is 44.7 Å². The van der Waals surface area contributed by atoms with Crippen molar-refractivity contribution in [3.63, 3.8) is 0 Å². The number of aliphatic hydroxyl groups is 1. The number of rotatable bonds is 4. The maximum absolute atomic E-state index is 12.8. The highest BCUT2D eigenvalue weighted by molar-refractivity contribution is 5.93. The van der Waals surface area contributed by atoms with E-state index in [1.807, 2.05) is 13.8 Å². The molecule has 0 bridgehead atoms. The number of hydrogen-bond acceptors (Lipinski definition) is 4. The summed E-state index contributed by atoms with van der Waals surface area (Å²) in [6, 6.07) is 5.38. The van der Waals surface area contributed by atoms with Gasteiger partial charge in [-0.2, -0.15) is 0 Å². The lowest BCUT2D eigenvalue weighted by molar-refractivity contribution is -0.117. The number of nitrogens with two attached hydrogens (primary N) is 1. The smallest absolute Gasteiger partial charge is 0.274 e. The number of likely N-dealkylation sites (tertiary alicyclic amines) is 1. The van der Waals surface area contributed by atoms with Crippen LogP contribution in [0.5, 0.6) is 0 Å². The van der Waals surface area contributed by atoms with Gasteiger partial charge in [0.15, 0.2) is 0 Å². The van der Waals surface area contributed by atoms with Crippen molar-refractivity contribution in [1.29, 1.82) is 0 Å². The predicted molar refractivity (Wildman–Crippen MR) is 93.0 cm³/mol. The molecule has 1 saturated heterocycles. The Bertz CT molecular complexity index is 798. The van der Waals surface area contributed by atoms with Crippen LogP contribution in [0.25, 0.3) is 5.65 Å². The fourth-order valence-electron chi connectivity index (χ4n) is 3.44. The zero-order chi connectivity index (χ0) is 18.2. The average Bonchev–Trinajstić information content (AvgIpc) is 2.98. The zero-order valence-corrected chi connectivity index (χ0v) is 14.6. The Morgan fingerprint density at radius 1 is 1.32 bits per heavy atom. The van der Waals surface area contributed by atoms with Crippen molar-refractivity contribution in [2.24, 2.45) is 11.7 Å². The average molecular weight is 344 g/mol. The summed E-state index contributed by atoms with van der Waals surface area (Å²) in [6.07, 6.45) is 3.31. The topological polar surface area (TPSA) is 101 Å². The van der Waals surface area contributed by atoms with Crippen molar-refractivity contribution in [2.75, 3.05) is 13.1 Å². The van der Waals surface area contributed by atoms with Crippen LogP contribution in [0.4, 0.5) is 0 Å². The van der Waals surface area contributed by atoms with Gasteiger partial charge in [0.25, 0.3) is 5.91 Å². The van der Waals surface area contributed by atoms with E-state index in [4.69, 9.17) is 5.73 Å². The number of primary amides is 1. The number of piperidine rings is 1. The van der Waals surface area contributed by atoms with Crippen molar-refractivity contribution >= 4 is 17.5 Å². The maximum Gasteiger partial charge on any atom is 0.274 e. The van der Waals surface area contributed by atoms with Crippen molar-refractivity contribution in [3.05, 3.63) is 35.8 Å². The zero-order valence-electron chi connectivity index (χ0n) is 14.6. The summed E-state index contributed by atoms with van der Waals surface area (Å²) in [5.74, 6) is -0.356. The first-order valence-electron chi connectivity index (χ1n) is 8.52. The molecular formula is C18H24N4O3. The van der Waals surface area contributed by atoms with Crippen molar-refractivity contribution in [1.82, 2.24) is 14.3 Å². The first-order chi connectivity index (χ1) is 11.8. The Hall–Kier alpha value is -2.41. The molecule has 2 amide bonds. The number of pyridine rings is 1. The van der Waals surface area contributed by atoms with Crippen LogP contribution in [-0.4, -0.2) is 49.9 Å². The van der Waals surface area contributed by atoms with E-state index >= 15 is 0 Å². The first-order valence-corrected chi connectivity index (χ1v) is 8.52. The van der Waals surface area contributed by atoms with Gasteiger partial charge in [0, 0.05) is 25.0 Å². The van der Waals surface area contributed by atoms with E-state index in [1.54, 1.807) is 33.7 Å². The lowest BCUT2D eigenvalue weighted by Crippen LogP contribution is -2.44. The first kappa shape index (κ1) is 17.4. The van der Waals surface area contributed by atoms with E-state index in [0.717, 1.165) is 12.8 Å². The number of carbonyl (C=O) groups is 2. The minimum atomic E-state index is -0.720. The monoisotopic (exact) mass is 344 g/mol. The van der Waals surface area contributed by atoms with Crippen LogP contribution < -0.4 is 5.73 Å². The second kappa shape index (κ2) is 6.48. The van der Waals surface area contributed by atoms with Crippen LogP contribution in [0.3, 0.4) is 0 Å². The Kier molecular flexibility index (Phi) is 4.51. The molecule has 0 atom stereocenters. The highest BCUT2D eigenvalue weighted by Gasteiger charge is 2.32. The molecule has 2 aromatic rings. The molecule has 25 heavy (non-hydrogen) atoms. The maximum atomic E-state index is 12.8. The van der Waals surface area contributed by atoms with Gasteiger partial charge in [0.2, 0.25) is 5.91 Å². The van der Waals surface area contributed by atoms with Gasteiger partial charge in [-0.15, -0.1) is 0 Å². The van der Waals surface area contributed by atoms with Crippen LogP contribution in [-0.2, 0) is 11.2 Å². The molecule has 1 aliphatic rings. The van der Waals surface area contributed by atoms with E-state index in [2.05, 4.69) is 4.98 Å². The number of fused-ring (bicyclic) bond motifs is 1. The Labute approximate surface area is 146 Å². The summed E-state index contributed by atoms with van der Waals surface area (Å²) in [6.45, 7) is 4.85. The van der Waals surface area contributed by atoms with Gasteiger partial charge in [-0.1, -0.05) is 6.07 Å². The highest BCUT2D eigenvalue weighted by Crippen LogP contribution is 2.28. The normalized spacial score (nSPS) is 16.4. The van der Waals surface area contributed by atoms with Gasteiger partial charge in [-0.3, -0.25) is 9.59 Å². The summed E-state index contributed by atoms with van der Waals surface area (Å²) >= 11 is 0. The minimum absolute atomic E-state index is 0.0955. The van der Waals surface area contributed by atoms with Crippen LogP contribution in [0, 0.1) is 5.92 Å². The van der Waals surface area contributed by atoms with Crippen molar-refractivity contribution < 1.29 is 14.7 Å². The third-order valence-corrected chi connectivity index (χ3v) is 4.93. The fourth-order valence-corrected chi connectivity index (χ4v) is 3.44. The third-order valence-electron chi connectivity index (χ3n) is 4.93. The molecule has 0 unspecified atom stereocenters. The highest BCUT2D eigenvalue weighted by atomic mass is 16.3. The molecule has 0 aromatic carbocycles. The molecule has 0 aliphatic carbocycles. The lowest BCUT2D eigenvalue weighted by atomic mass is 9.83. The van der Waals surface area contributed by atoms with Gasteiger partial charge in [-0.25, -0.2) is 4.98 Å². The van der Waals surface area contributed by atoms with Crippen LogP contribution in [0.1, 0.15) is 42.9 Å². The van der Waals surface area contributed by atoms with Crippen molar-refractivity contribution in [3.8, 4) is 0 Å². The number of carbonyl (C=O) groups excluding carboxylic acids is 2. The summed E-state index contributed by atoms with van der Waals surface area (Å²) in [5, 5.41) is 10.1. The van der Waals surface area contributed by atoms with Crippen LogP contribution >= 0.6 is 0 Å². The molecule has 3 rings (SSSR count). The molecule has 3 heterocycles. The SMILES string of the molecule is CC(C)(O)C1CCN(C(=O)c2cn3c(CC(N)=O)cccc3n2)CC1. The Morgan fingerprint density at radius 3 is 2.60 bits per heavy atom. The van der Waals surface area contributed by atoms with E-state index in [-0.39, 0.29) is 18.2 Å². The molecule has 0 saturated carbocycles. The number of amides is 2. The van der Waals surface area contributed by atoms with Crippen LogP contribution in [0.15, 0.2) is 24.4 Å². The molecule has 134 valence electrons. The number of aromatic nitrogens is 2. The second-order valence-electron chi connectivity index (χ2n) is 7.23. The second-order valence-corrected chi connectivity index (χ2v) is 7.23. The van der Waals surface area contributed by atoms with E-state index in [0.29, 0.717) is 30.1 Å². The minimum Gasteiger partial charge on any atom is -0.390 e. The third kappa shape index (κ3) is 3.66. The molecule has 2 aromatic heterocycles. The molecule has 1 aliphatic heterocycles. The summed E-state index contributed by atoms with van der Waals surface area (Å²) in [5.41, 5.74) is 6.24. The van der Waals surface area contributed by atoms with Gasteiger partial charge < -0.3 is 20.1 Å². The predicted octanol–water partition coefficient (Wildman–Crippen LogP) is 0.985. The quantitative estimate of drug-likeness (QED) is 0.863. The number of hydrogen-bond donors (Lipinski definition) is 2. The summed E-state index contributed by atoms with van der Waals surface area (Å²) in [4.78, 5) is 30.1. The fraction of sp³-hybridized carbons (Fsp3) is 0.500. The molecule has 7 heteroatoms. The largest absolute Gasteiger partial charge is 0.390 e. The Balaban J connectivity index is 1.78. The van der Waals surface area contributed by atoms with Gasteiger partial charge in [0.1, 0.15) is 11.3 Å².